The third-order valence-electron chi connectivity index (χ3n) is 3.65. The predicted octanol–water partition coefficient (Wildman–Crippen LogP) is 3.28. The number of aryl methyl sites for hydroxylation is 1. The highest BCUT2D eigenvalue weighted by molar-refractivity contribution is 5.48. The normalized spacial score (nSPS) is 12.2. The number of hydrogen-bond donors (Lipinski definition) is 1. The largest absolute Gasteiger partial charge is 0.357 e. The summed E-state index contributed by atoms with van der Waals surface area (Å²) in [6, 6.07) is 12.2. The van der Waals surface area contributed by atoms with Crippen molar-refractivity contribution in [2.75, 3.05) is 18.0 Å². The predicted molar refractivity (Wildman–Crippen MR) is 85.0 cm³/mol. The molecule has 3 heteroatoms. The first-order chi connectivity index (χ1) is 9.67. The average Bonchev–Trinajstić information content (AvgIpc) is 2.50. The molecule has 106 valence electrons. The molecule has 0 saturated heterocycles. The lowest BCUT2D eigenvalue weighted by atomic mass is 10.00. The van der Waals surface area contributed by atoms with Crippen LogP contribution in [0.4, 0.5) is 5.82 Å². The smallest absolute Gasteiger partial charge is 0.131 e. The van der Waals surface area contributed by atoms with Gasteiger partial charge >= 0.3 is 0 Å². The first-order valence-electron chi connectivity index (χ1n) is 7.19. The van der Waals surface area contributed by atoms with Crippen LogP contribution in [0.25, 0.3) is 0 Å². The van der Waals surface area contributed by atoms with Gasteiger partial charge in [0, 0.05) is 19.3 Å². The van der Waals surface area contributed by atoms with Crippen LogP contribution in [0.3, 0.4) is 0 Å². The highest BCUT2D eigenvalue weighted by Crippen LogP contribution is 2.23. The van der Waals surface area contributed by atoms with E-state index in [9.17, 15) is 0 Å². The Morgan fingerprint density at radius 2 is 1.75 bits per heavy atom. The van der Waals surface area contributed by atoms with Gasteiger partial charge in [0.1, 0.15) is 5.82 Å². The number of pyridine rings is 1. The third kappa shape index (κ3) is 2.99. The van der Waals surface area contributed by atoms with Gasteiger partial charge in [-0.15, -0.1) is 0 Å². The van der Waals surface area contributed by atoms with Gasteiger partial charge in [0.05, 0.1) is 6.04 Å². The van der Waals surface area contributed by atoms with E-state index in [0.29, 0.717) is 0 Å². The molecule has 0 bridgehead atoms. The fourth-order valence-corrected chi connectivity index (χ4v) is 2.47. The molecule has 2 rings (SSSR count). The number of rotatable bonds is 5. The van der Waals surface area contributed by atoms with Crippen LogP contribution in [0.1, 0.15) is 36.6 Å². The minimum atomic E-state index is -0.117. The van der Waals surface area contributed by atoms with E-state index in [1.165, 1.54) is 5.56 Å². The lowest BCUT2D eigenvalue weighted by molar-refractivity contribution is 0.823. The zero-order valence-corrected chi connectivity index (χ0v) is 12.5. The van der Waals surface area contributed by atoms with Crippen LogP contribution < -0.4 is 10.6 Å². The second kappa shape index (κ2) is 6.53. The summed E-state index contributed by atoms with van der Waals surface area (Å²) in [5.41, 5.74) is 9.68. The van der Waals surface area contributed by atoms with Gasteiger partial charge in [-0.05, 0) is 43.5 Å². The zero-order valence-electron chi connectivity index (χ0n) is 12.5. The van der Waals surface area contributed by atoms with Crippen molar-refractivity contribution in [2.24, 2.45) is 5.73 Å². The van der Waals surface area contributed by atoms with E-state index in [-0.39, 0.29) is 6.04 Å². The van der Waals surface area contributed by atoms with Crippen molar-refractivity contribution in [3.05, 3.63) is 59.3 Å². The number of nitrogens with zero attached hydrogens (tertiary/aromatic N) is 2. The quantitative estimate of drug-likeness (QED) is 0.905. The average molecular weight is 269 g/mol. The molecule has 0 radical (unpaired) electrons. The van der Waals surface area contributed by atoms with E-state index in [1.807, 2.05) is 24.4 Å². The van der Waals surface area contributed by atoms with E-state index in [0.717, 1.165) is 30.0 Å². The van der Waals surface area contributed by atoms with Crippen LogP contribution in [0.2, 0.25) is 0 Å². The second-order valence-corrected chi connectivity index (χ2v) is 4.97. The summed E-state index contributed by atoms with van der Waals surface area (Å²) in [6.07, 6.45) is 1.90. The Bertz CT molecular complexity index is 547. The maximum absolute atomic E-state index is 6.32. The van der Waals surface area contributed by atoms with E-state index >= 15 is 0 Å². The van der Waals surface area contributed by atoms with Crippen molar-refractivity contribution in [1.82, 2.24) is 4.98 Å². The molecule has 20 heavy (non-hydrogen) atoms. The minimum Gasteiger partial charge on any atom is -0.357 e. The molecule has 0 aliphatic rings. The number of anilines is 1. The van der Waals surface area contributed by atoms with Crippen molar-refractivity contribution >= 4 is 5.82 Å². The molecule has 2 aromatic rings. The van der Waals surface area contributed by atoms with Gasteiger partial charge in [0.25, 0.3) is 0 Å². The van der Waals surface area contributed by atoms with Crippen molar-refractivity contribution in [2.45, 2.75) is 26.8 Å². The number of aromatic nitrogens is 1. The van der Waals surface area contributed by atoms with Crippen LogP contribution in [0, 0.1) is 6.92 Å². The van der Waals surface area contributed by atoms with E-state index in [4.69, 9.17) is 5.73 Å². The summed E-state index contributed by atoms with van der Waals surface area (Å²) in [4.78, 5) is 6.87. The molecule has 0 fully saturated rings. The summed E-state index contributed by atoms with van der Waals surface area (Å²) in [5, 5.41) is 0. The first-order valence-corrected chi connectivity index (χ1v) is 7.19. The lowest BCUT2D eigenvalue weighted by Crippen LogP contribution is -2.24. The van der Waals surface area contributed by atoms with Crippen molar-refractivity contribution < 1.29 is 0 Å². The molecule has 1 aromatic heterocycles. The van der Waals surface area contributed by atoms with Gasteiger partial charge < -0.3 is 10.6 Å². The molecule has 0 amide bonds. The second-order valence-electron chi connectivity index (χ2n) is 4.97. The van der Waals surface area contributed by atoms with Crippen LogP contribution in [0.5, 0.6) is 0 Å². The molecular weight excluding hydrogens is 246 g/mol. The van der Waals surface area contributed by atoms with E-state index < -0.39 is 0 Å². The Morgan fingerprint density at radius 1 is 1.10 bits per heavy atom. The fraction of sp³-hybridized carbons (Fsp3) is 0.353. The van der Waals surface area contributed by atoms with Crippen LogP contribution in [0.15, 0.2) is 42.6 Å². The number of nitrogens with two attached hydrogens (primary N) is 1. The maximum Gasteiger partial charge on any atom is 0.131 e. The summed E-state index contributed by atoms with van der Waals surface area (Å²) in [5.74, 6) is 1.05. The highest BCUT2D eigenvalue weighted by Gasteiger charge is 2.13. The zero-order chi connectivity index (χ0) is 14.5. The van der Waals surface area contributed by atoms with E-state index in [1.54, 1.807) is 0 Å². The van der Waals surface area contributed by atoms with Crippen LogP contribution in [-0.4, -0.2) is 18.1 Å². The molecule has 0 unspecified atom stereocenters. The Balaban J connectivity index is 2.29. The molecule has 1 atom stereocenters. The molecule has 3 nitrogen and oxygen atoms in total. The molecule has 1 heterocycles. The highest BCUT2D eigenvalue weighted by atomic mass is 15.2. The van der Waals surface area contributed by atoms with Crippen molar-refractivity contribution in [3.63, 3.8) is 0 Å². The Labute approximate surface area is 121 Å². The Hall–Kier alpha value is -1.87. The van der Waals surface area contributed by atoms with Gasteiger partial charge in [-0.2, -0.15) is 0 Å². The summed E-state index contributed by atoms with van der Waals surface area (Å²) >= 11 is 0. The molecule has 0 spiro atoms. The number of benzene rings is 1. The number of hydrogen-bond acceptors (Lipinski definition) is 3. The third-order valence-corrected chi connectivity index (χ3v) is 3.65. The SMILES string of the molecule is CCN(CC)c1ncc([C@@H](N)c2ccccc2)cc1C. The Morgan fingerprint density at radius 3 is 2.30 bits per heavy atom. The Kier molecular flexibility index (Phi) is 4.74. The molecule has 1 aromatic carbocycles. The minimum absolute atomic E-state index is 0.117. The van der Waals surface area contributed by atoms with Gasteiger partial charge in [-0.25, -0.2) is 4.98 Å². The monoisotopic (exact) mass is 269 g/mol. The van der Waals surface area contributed by atoms with Gasteiger partial charge in [-0.3, -0.25) is 0 Å². The fourth-order valence-electron chi connectivity index (χ4n) is 2.47. The molecule has 2 N–H and O–H groups in total. The maximum atomic E-state index is 6.32. The summed E-state index contributed by atoms with van der Waals surface area (Å²) < 4.78 is 0. The lowest BCUT2D eigenvalue weighted by Gasteiger charge is -2.23. The van der Waals surface area contributed by atoms with Gasteiger partial charge in [-0.1, -0.05) is 30.3 Å². The summed E-state index contributed by atoms with van der Waals surface area (Å²) in [6.45, 7) is 8.33. The molecule has 0 saturated carbocycles. The van der Waals surface area contributed by atoms with Crippen molar-refractivity contribution in [3.8, 4) is 0 Å². The van der Waals surface area contributed by atoms with Crippen LogP contribution in [-0.2, 0) is 0 Å². The van der Waals surface area contributed by atoms with Gasteiger partial charge in [0.2, 0.25) is 0 Å². The molecular formula is C17H23N3. The van der Waals surface area contributed by atoms with E-state index in [2.05, 4.69) is 48.9 Å². The van der Waals surface area contributed by atoms with Crippen molar-refractivity contribution in [1.29, 1.82) is 0 Å². The van der Waals surface area contributed by atoms with Crippen LogP contribution >= 0.6 is 0 Å². The summed E-state index contributed by atoms with van der Waals surface area (Å²) in [7, 11) is 0. The standard InChI is InChI=1S/C17H23N3/c1-4-20(5-2)17-13(3)11-15(12-19-17)16(18)14-9-7-6-8-10-14/h6-12,16H,4-5,18H2,1-3H3/t16-/m0/s1. The first kappa shape index (κ1) is 14.5. The van der Waals surface area contributed by atoms with Gasteiger partial charge in [0.15, 0.2) is 0 Å². The molecule has 0 aliphatic heterocycles. The topological polar surface area (TPSA) is 42.2 Å². The molecule has 0 aliphatic carbocycles.